The molecule has 7 unspecified atom stereocenters. The lowest BCUT2D eigenvalue weighted by atomic mass is 9.77. The number of halogens is 1. The fourth-order valence-electron chi connectivity index (χ4n) is 6.31. The monoisotopic (exact) mass is 436 g/mol. The summed E-state index contributed by atoms with van der Waals surface area (Å²) in [7, 11) is 0. The molecule has 0 radical (unpaired) electrons. The maximum atomic E-state index is 14.5. The van der Waals surface area contributed by atoms with Crippen molar-refractivity contribution in [2.24, 2.45) is 17.8 Å². The van der Waals surface area contributed by atoms with E-state index in [1.165, 1.54) is 32.1 Å². The van der Waals surface area contributed by atoms with Crippen LogP contribution in [0, 0.1) is 17.8 Å². The minimum Gasteiger partial charge on any atom is -0.354 e. The van der Waals surface area contributed by atoms with Crippen LogP contribution in [-0.4, -0.2) is 55.2 Å². The number of hydrogen-bond donors (Lipinski definition) is 4. The van der Waals surface area contributed by atoms with Gasteiger partial charge in [0.05, 0.1) is 6.04 Å². The molecule has 7 heteroatoms. The molecular formula is C24H41FN4O2. The average molecular weight is 437 g/mol. The van der Waals surface area contributed by atoms with Gasteiger partial charge in [0, 0.05) is 24.5 Å². The van der Waals surface area contributed by atoms with Crippen LogP contribution in [0.4, 0.5) is 4.39 Å². The van der Waals surface area contributed by atoms with Gasteiger partial charge in [-0.1, -0.05) is 32.6 Å². The number of piperidine rings is 1. The topological polar surface area (TPSA) is 82.3 Å². The minimum atomic E-state index is -0.832. The third-order valence-electron chi connectivity index (χ3n) is 8.28. The van der Waals surface area contributed by atoms with Gasteiger partial charge in [-0.25, -0.2) is 4.39 Å². The molecule has 2 saturated heterocycles. The summed E-state index contributed by atoms with van der Waals surface area (Å²) < 4.78 is 14.5. The standard InChI is InChI=1S/C24H41FN4O2/c1-15-10-11-18(25)17-13-20(28-21(15)17)23(30)29-22(19-9-5-6-12-26-19)24(31)27-14-16-7-3-2-4-8-16/h15-22,26,28H,2-14H2,1H3,(H,27,31)(H,29,30). The molecule has 4 N–H and O–H groups in total. The summed E-state index contributed by atoms with van der Waals surface area (Å²) in [5.41, 5.74) is 0. The van der Waals surface area contributed by atoms with E-state index in [0.29, 0.717) is 31.2 Å². The van der Waals surface area contributed by atoms with Gasteiger partial charge in [0.15, 0.2) is 0 Å². The number of nitrogens with one attached hydrogen (secondary N) is 4. The highest BCUT2D eigenvalue weighted by Gasteiger charge is 2.47. The summed E-state index contributed by atoms with van der Waals surface area (Å²) in [4.78, 5) is 26.3. The van der Waals surface area contributed by atoms with Gasteiger partial charge in [-0.2, -0.15) is 0 Å². The molecular weight excluding hydrogens is 395 g/mol. The first-order valence-corrected chi connectivity index (χ1v) is 12.7. The number of rotatable bonds is 6. The summed E-state index contributed by atoms with van der Waals surface area (Å²) in [5.74, 6) is 0.607. The Kier molecular flexibility index (Phi) is 7.86. The highest BCUT2D eigenvalue weighted by molar-refractivity contribution is 5.90. The Bertz CT molecular complexity index is 603. The summed E-state index contributed by atoms with van der Waals surface area (Å²) in [6.45, 7) is 3.72. The first kappa shape index (κ1) is 23.0. The van der Waals surface area contributed by atoms with E-state index >= 15 is 0 Å². The molecule has 0 spiro atoms. The molecule has 0 bridgehead atoms. The van der Waals surface area contributed by atoms with Gasteiger partial charge in [-0.05, 0) is 63.3 Å². The smallest absolute Gasteiger partial charge is 0.244 e. The fourth-order valence-corrected chi connectivity index (χ4v) is 6.31. The molecule has 176 valence electrons. The second kappa shape index (κ2) is 10.6. The molecule has 0 aromatic heterocycles. The van der Waals surface area contributed by atoms with Crippen LogP contribution in [0.3, 0.4) is 0 Å². The Hall–Kier alpha value is -1.21. The molecule has 7 atom stereocenters. The van der Waals surface area contributed by atoms with Crippen molar-refractivity contribution in [3.05, 3.63) is 0 Å². The van der Waals surface area contributed by atoms with Crippen LogP contribution in [0.1, 0.15) is 77.6 Å². The molecule has 4 fully saturated rings. The average Bonchev–Trinajstić information content (AvgIpc) is 3.27. The van der Waals surface area contributed by atoms with Gasteiger partial charge >= 0.3 is 0 Å². The SMILES string of the molecule is CC1CCC(F)C2CC(C(=O)NC(C(=O)NCC3CCCCC3)C3CCCCN3)NC12. The van der Waals surface area contributed by atoms with Crippen LogP contribution in [0.2, 0.25) is 0 Å². The van der Waals surface area contributed by atoms with Gasteiger partial charge in [0.2, 0.25) is 11.8 Å². The van der Waals surface area contributed by atoms with Crippen molar-refractivity contribution in [2.45, 2.75) is 108 Å². The van der Waals surface area contributed by atoms with Crippen LogP contribution < -0.4 is 21.3 Å². The Morgan fingerprint density at radius 1 is 1.03 bits per heavy atom. The van der Waals surface area contributed by atoms with Crippen molar-refractivity contribution in [3.8, 4) is 0 Å². The van der Waals surface area contributed by atoms with Crippen molar-refractivity contribution in [2.75, 3.05) is 13.1 Å². The van der Waals surface area contributed by atoms with E-state index in [1.54, 1.807) is 0 Å². The maximum Gasteiger partial charge on any atom is 0.244 e. The van der Waals surface area contributed by atoms with Crippen LogP contribution in [0.15, 0.2) is 0 Å². The Balaban J connectivity index is 1.37. The zero-order valence-electron chi connectivity index (χ0n) is 19.0. The van der Waals surface area contributed by atoms with Crippen molar-refractivity contribution < 1.29 is 14.0 Å². The summed E-state index contributed by atoms with van der Waals surface area (Å²) >= 11 is 0. The predicted octanol–water partition coefficient (Wildman–Crippen LogP) is 2.42. The van der Waals surface area contributed by atoms with Gasteiger partial charge in [0.1, 0.15) is 12.2 Å². The number of amides is 2. The zero-order chi connectivity index (χ0) is 21.8. The number of carbonyl (C=O) groups is 2. The normalized spacial score (nSPS) is 37.6. The molecule has 2 aliphatic carbocycles. The van der Waals surface area contributed by atoms with E-state index in [4.69, 9.17) is 0 Å². The van der Waals surface area contributed by atoms with Crippen molar-refractivity contribution in [1.29, 1.82) is 0 Å². The van der Waals surface area contributed by atoms with Gasteiger partial charge in [-0.15, -0.1) is 0 Å². The molecule has 2 heterocycles. The highest BCUT2D eigenvalue weighted by Crippen LogP contribution is 2.38. The van der Waals surface area contributed by atoms with Crippen molar-refractivity contribution in [1.82, 2.24) is 21.3 Å². The van der Waals surface area contributed by atoms with E-state index in [-0.39, 0.29) is 29.8 Å². The summed E-state index contributed by atoms with van der Waals surface area (Å²) in [5, 5.41) is 13.0. The van der Waals surface area contributed by atoms with Crippen LogP contribution >= 0.6 is 0 Å². The number of alkyl halides is 1. The lowest BCUT2D eigenvalue weighted by Crippen LogP contribution is -2.61. The molecule has 0 aromatic rings. The second-order valence-corrected chi connectivity index (χ2v) is 10.5. The van der Waals surface area contributed by atoms with Crippen LogP contribution in [-0.2, 0) is 9.59 Å². The number of carbonyl (C=O) groups excluding carboxylic acids is 2. The van der Waals surface area contributed by atoms with Crippen LogP contribution in [0.25, 0.3) is 0 Å². The van der Waals surface area contributed by atoms with E-state index < -0.39 is 18.3 Å². The van der Waals surface area contributed by atoms with E-state index in [1.807, 2.05) is 0 Å². The lowest BCUT2D eigenvalue weighted by molar-refractivity contribution is -0.131. The molecule has 2 amide bonds. The molecule has 6 nitrogen and oxygen atoms in total. The quantitative estimate of drug-likeness (QED) is 0.515. The minimum absolute atomic E-state index is 0.0411. The lowest BCUT2D eigenvalue weighted by Gasteiger charge is -2.33. The molecule has 4 aliphatic rings. The predicted molar refractivity (Wildman–Crippen MR) is 119 cm³/mol. The highest BCUT2D eigenvalue weighted by atomic mass is 19.1. The van der Waals surface area contributed by atoms with Crippen molar-refractivity contribution in [3.63, 3.8) is 0 Å². The number of fused-ring (bicyclic) bond motifs is 1. The van der Waals surface area contributed by atoms with E-state index in [9.17, 15) is 14.0 Å². The summed E-state index contributed by atoms with van der Waals surface area (Å²) in [6.07, 6.45) is 10.3. The second-order valence-electron chi connectivity index (χ2n) is 10.5. The zero-order valence-corrected chi connectivity index (χ0v) is 19.0. The Morgan fingerprint density at radius 2 is 1.81 bits per heavy atom. The largest absolute Gasteiger partial charge is 0.354 e. The Labute approximate surface area is 186 Å². The Morgan fingerprint density at radius 3 is 2.52 bits per heavy atom. The molecule has 0 aromatic carbocycles. The van der Waals surface area contributed by atoms with Gasteiger partial charge < -0.3 is 21.3 Å². The molecule has 4 rings (SSSR count). The van der Waals surface area contributed by atoms with Crippen molar-refractivity contribution >= 4 is 11.8 Å². The first-order chi connectivity index (χ1) is 15.0. The first-order valence-electron chi connectivity index (χ1n) is 12.7. The molecule has 2 aliphatic heterocycles. The van der Waals surface area contributed by atoms with Gasteiger partial charge in [-0.3, -0.25) is 9.59 Å². The maximum absolute atomic E-state index is 14.5. The van der Waals surface area contributed by atoms with E-state index in [2.05, 4.69) is 28.2 Å². The van der Waals surface area contributed by atoms with E-state index in [0.717, 1.165) is 32.2 Å². The fraction of sp³-hybridized carbons (Fsp3) is 0.917. The number of hydrogen-bond acceptors (Lipinski definition) is 4. The third kappa shape index (κ3) is 5.59. The molecule has 2 saturated carbocycles. The summed E-state index contributed by atoms with van der Waals surface area (Å²) in [6, 6.07) is -0.961. The third-order valence-corrected chi connectivity index (χ3v) is 8.28. The molecule has 31 heavy (non-hydrogen) atoms. The van der Waals surface area contributed by atoms with Crippen LogP contribution in [0.5, 0.6) is 0 Å². The van der Waals surface area contributed by atoms with Gasteiger partial charge in [0.25, 0.3) is 0 Å².